The monoisotopic (exact) mass is 342 g/mol. The Hall–Kier alpha value is -2.06. The van der Waals surface area contributed by atoms with Gasteiger partial charge in [-0.3, -0.25) is 0 Å². The summed E-state index contributed by atoms with van der Waals surface area (Å²) in [5, 5.41) is 21.2. The van der Waals surface area contributed by atoms with E-state index < -0.39 is 11.9 Å². The van der Waals surface area contributed by atoms with Crippen LogP contribution in [0, 0.1) is 0 Å². The fourth-order valence-electron chi connectivity index (χ4n) is 1.70. The molecule has 0 saturated heterocycles. The molecular weight excluding hydrogens is 328 g/mol. The Morgan fingerprint density at radius 1 is 0.864 bits per heavy atom. The van der Waals surface area contributed by atoms with Crippen molar-refractivity contribution in [2.45, 2.75) is 12.8 Å². The van der Waals surface area contributed by atoms with Crippen molar-refractivity contribution in [1.29, 1.82) is 0 Å². The van der Waals surface area contributed by atoms with E-state index in [1.165, 1.54) is 0 Å². The second kappa shape index (κ2) is 7.81. The summed E-state index contributed by atoms with van der Waals surface area (Å²) in [6.07, 6.45) is 1.36. The van der Waals surface area contributed by atoms with Crippen LogP contribution in [0.5, 0.6) is 11.5 Å². The molecule has 22 heavy (non-hydrogen) atoms. The number of carbonyl (C=O) groups is 2. The number of unbranched alkanes of at least 4 members (excludes halogenated alkanes) is 1. The van der Waals surface area contributed by atoms with Crippen molar-refractivity contribution in [3.8, 4) is 11.5 Å². The SMILES string of the molecule is O=C(O)c1sccc1OCCCCOc1ccsc1C(=O)O. The molecule has 2 N–H and O–H groups in total. The van der Waals surface area contributed by atoms with Gasteiger partial charge in [-0.15, -0.1) is 22.7 Å². The lowest BCUT2D eigenvalue weighted by Crippen LogP contribution is -2.05. The number of ether oxygens (including phenoxy) is 2. The molecule has 118 valence electrons. The number of rotatable bonds is 9. The van der Waals surface area contributed by atoms with Crippen LogP contribution in [0.2, 0.25) is 0 Å². The summed E-state index contributed by atoms with van der Waals surface area (Å²) in [6.45, 7) is 0.769. The van der Waals surface area contributed by atoms with Crippen LogP contribution in [0.1, 0.15) is 32.2 Å². The Morgan fingerprint density at radius 2 is 1.27 bits per heavy atom. The highest BCUT2D eigenvalue weighted by atomic mass is 32.1. The van der Waals surface area contributed by atoms with Crippen LogP contribution in [-0.2, 0) is 0 Å². The van der Waals surface area contributed by atoms with Crippen LogP contribution in [-0.4, -0.2) is 35.4 Å². The van der Waals surface area contributed by atoms with Crippen molar-refractivity contribution in [3.05, 3.63) is 32.6 Å². The molecule has 0 saturated carbocycles. The Bertz CT molecular complexity index is 589. The van der Waals surface area contributed by atoms with E-state index in [0.717, 1.165) is 22.7 Å². The van der Waals surface area contributed by atoms with Crippen LogP contribution >= 0.6 is 22.7 Å². The van der Waals surface area contributed by atoms with E-state index in [2.05, 4.69) is 0 Å². The van der Waals surface area contributed by atoms with E-state index in [9.17, 15) is 9.59 Å². The predicted molar refractivity (Wildman–Crippen MR) is 82.8 cm³/mol. The molecule has 0 aromatic carbocycles. The third-order valence-corrected chi connectivity index (χ3v) is 4.47. The number of hydrogen-bond donors (Lipinski definition) is 2. The smallest absolute Gasteiger partial charge is 0.349 e. The number of aromatic carboxylic acids is 2. The summed E-state index contributed by atoms with van der Waals surface area (Å²) >= 11 is 2.25. The van der Waals surface area contributed by atoms with Crippen molar-refractivity contribution in [1.82, 2.24) is 0 Å². The zero-order valence-corrected chi connectivity index (χ0v) is 13.1. The minimum absolute atomic E-state index is 0.195. The summed E-state index contributed by atoms with van der Waals surface area (Å²) in [7, 11) is 0. The highest BCUT2D eigenvalue weighted by molar-refractivity contribution is 7.12. The zero-order chi connectivity index (χ0) is 15.9. The van der Waals surface area contributed by atoms with Gasteiger partial charge in [0.05, 0.1) is 13.2 Å². The van der Waals surface area contributed by atoms with Gasteiger partial charge in [-0.1, -0.05) is 0 Å². The molecule has 0 aliphatic rings. The molecular formula is C14H14O6S2. The summed E-state index contributed by atoms with van der Waals surface area (Å²) < 4.78 is 10.8. The molecule has 0 aliphatic heterocycles. The van der Waals surface area contributed by atoms with Gasteiger partial charge in [0.15, 0.2) is 9.75 Å². The quantitative estimate of drug-likeness (QED) is 0.678. The summed E-state index contributed by atoms with van der Waals surface area (Å²) in [6, 6.07) is 3.27. The van der Waals surface area contributed by atoms with Crippen LogP contribution in [0.25, 0.3) is 0 Å². The van der Waals surface area contributed by atoms with Gasteiger partial charge in [0.2, 0.25) is 0 Å². The van der Waals surface area contributed by atoms with Gasteiger partial charge in [0, 0.05) is 0 Å². The third kappa shape index (κ3) is 4.22. The lowest BCUT2D eigenvalue weighted by atomic mass is 10.3. The van der Waals surface area contributed by atoms with Gasteiger partial charge in [-0.05, 0) is 35.7 Å². The topological polar surface area (TPSA) is 93.1 Å². The fourth-order valence-corrected chi connectivity index (χ4v) is 3.05. The van der Waals surface area contributed by atoms with Gasteiger partial charge in [0.25, 0.3) is 0 Å². The van der Waals surface area contributed by atoms with Crippen LogP contribution in [0.15, 0.2) is 22.9 Å². The maximum absolute atomic E-state index is 10.9. The van der Waals surface area contributed by atoms with Gasteiger partial charge in [0.1, 0.15) is 11.5 Å². The number of thiophene rings is 2. The standard InChI is InChI=1S/C14H14O6S2/c15-13(16)11-9(3-7-21-11)19-5-1-2-6-20-10-4-8-22-12(10)14(17)18/h3-4,7-8H,1-2,5-6H2,(H,15,16)(H,17,18). The molecule has 2 rings (SSSR count). The first-order valence-corrected chi connectivity index (χ1v) is 8.22. The molecule has 6 nitrogen and oxygen atoms in total. The van der Waals surface area contributed by atoms with E-state index in [0.29, 0.717) is 37.6 Å². The van der Waals surface area contributed by atoms with Crippen LogP contribution < -0.4 is 9.47 Å². The van der Waals surface area contributed by atoms with Crippen molar-refractivity contribution in [3.63, 3.8) is 0 Å². The first kappa shape index (κ1) is 16.3. The molecule has 2 aromatic heterocycles. The summed E-state index contributed by atoms with van der Waals surface area (Å²) in [5.74, 6) is -1.23. The molecule has 2 aromatic rings. The molecule has 0 aliphatic carbocycles. The second-order valence-corrected chi connectivity index (χ2v) is 6.07. The molecule has 0 atom stereocenters. The minimum atomic E-state index is -0.994. The van der Waals surface area contributed by atoms with Gasteiger partial charge in [-0.2, -0.15) is 0 Å². The van der Waals surface area contributed by atoms with E-state index in [1.54, 1.807) is 22.9 Å². The van der Waals surface area contributed by atoms with Crippen LogP contribution in [0.4, 0.5) is 0 Å². The van der Waals surface area contributed by atoms with Crippen molar-refractivity contribution < 1.29 is 29.3 Å². The van der Waals surface area contributed by atoms with Crippen molar-refractivity contribution in [2.75, 3.05) is 13.2 Å². The summed E-state index contributed by atoms with van der Waals surface area (Å²) in [5.41, 5.74) is 0. The molecule has 0 unspecified atom stereocenters. The molecule has 0 amide bonds. The number of carboxylic acid groups (broad SMARTS) is 2. The lowest BCUT2D eigenvalue weighted by molar-refractivity contribution is 0.0686. The Labute approximate surface area is 134 Å². The molecule has 0 radical (unpaired) electrons. The minimum Gasteiger partial charge on any atom is -0.492 e. The molecule has 0 spiro atoms. The van der Waals surface area contributed by atoms with Gasteiger partial charge >= 0.3 is 11.9 Å². The highest BCUT2D eigenvalue weighted by Crippen LogP contribution is 2.26. The molecule has 0 bridgehead atoms. The average Bonchev–Trinajstić information content (AvgIpc) is 3.11. The van der Waals surface area contributed by atoms with Crippen molar-refractivity contribution >= 4 is 34.6 Å². The van der Waals surface area contributed by atoms with E-state index in [-0.39, 0.29) is 9.75 Å². The maximum Gasteiger partial charge on any atom is 0.349 e. The van der Waals surface area contributed by atoms with E-state index in [1.807, 2.05) is 0 Å². The van der Waals surface area contributed by atoms with Gasteiger partial charge < -0.3 is 19.7 Å². The fraction of sp³-hybridized carbons (Fsp3) is 0.286. The zero-order valence-electron chi connectivity index (χ0n) is 11.5. The summed E-state index contributed by atoms with van der Waals surface area (Å²) in [4.78, 5) is 22.2. The first-order chi connectivity index (χ1) is 10.6. The van der Waals surface area contributed by atoms with Gasteiger partial charge in [-0.25, -0.2) is 9.59 Å². The predicted octanol–water partition coefficient (Wildman–Crippen LogP) is 3.44. The molecule has 0 fully saturated rings. The van der Waals surface area contributed by atoms with E-state index in [4.69, 9.17) is 19.7 Å². The molecule has 8 heteroatoms. The molecule has 2 heterocycles. The normalized spacial score (nSPS) is 10.4. The number of carboxylic acids is 2. The van der Waals surface area contributed by atoms with Crippen molar-refractivity contribution in [2.24, 2.45) is 0 Å². The maximum atomic E-state index is 10.9. The number of hydrogen-bond acceptors (Lipinski definition) is 6. The Balaban J connectivity index is 1.67. The van der Waals surface area contributed by atoms with Crippen LogP contribution in [0.3, 0.4) is 0 Å². The largest absolute Gasteiger partial charge is 0.492 e. The average molecular weight is 342 g/mol. The lowest BCUT2D eigenvalue weighted by Gasteiger charge is -2.07. The third-order valence-electron chi connectivity index (χ3n) is 2.70. The second-order valence-electron chi connectivity index (χ2n) is 4.24. The highest BCUT2D eigenvalue weighted by Gasteiger charge is 2.13. The van der Waals surface area contributed by atoms with E-state index >= 15 is 0 Å². The Morgan fingerprint density at radius 3 is 1.64 bits per heavy atom. The Kier molecular flexibility index (Phi) is 5.79. The first-order valence-electron chi connectivity index (χ1n) is 6.46.